The Kier molecular flexibility index (Phi) is 5.22. The van der Waals surface area contributed by atoms with Gasteiger partial charge in [0.15, 0.2) is 0 Å². The van der Waals surface area contributed by atoms with Crippen molar-refractivity contribution in [1.82, 2.24) is 4.90 Å². The molecule has 100 valence electrons. The van der Waals surface area contributed by atoms with Gasteiger partial charge in [-0.05, 0) is 50.0 Å². The summed E-state index contributed by atoms with van der Waals surface area (Å²) in [6, 6.07) is 9.32. The third-order valence-corrected chi connectivity index (χ3v) is 4.28. The molecule has 1 aromatic carbocycles. The fourth-order valence-electron chi connectivity index (χ4n) is 2.92. The summed E-state index contributed by atoms with van der Waals surface area (Å²) in [4.78, 5) is 2.57. The SMILES string of the molecule is CCCN1CCCCC(N)C1c1ccc(Br)cc1. The van der Waals surface area contributed by atoms with Gasteiger partial charge in [-0.15, -0.1) is 0 Å². The summed E-state index contributed by atoms with van der Waals surface area (Å²) in [6.45, 7) is 4.58. The third kappa shape index (κ3) is 3.34. The molecule has 0 radical (unpaired) electrons. The van der Waals surface area contributed by atoms with Crippen LogP contribution in [0.25, 0.3) is 0 Å². The van der Waals surface area contributed by atoms with Gasteiger partial charge in [-0.3, -0.25) is 4.90 Å². The first-order valence-electron chi connectivity index (χ1n) is 6.97. The van der Waals surface area contributed by atoms with E-state index in [0.29, 0.717) is 6.04 Å². The predicted octanol–water partition coefficient (Wildman–Crippen LogP) is 3.71. The lowest BCUT2D eigenvalue weighted by Gasteiger charge is -2.33. The van der Waals surface area contributed by atoms with Crippen LogP contribution in [0.5, 0.6) is 0 Å². The number of hydrogen-bond donors (Lipinski definition) is 1. The monoisotopic (exact) mass is 310 g/mol. The molecule has 0 bridgehead atoms. The van der Waals surface area contributed by atoms with Gasteiger partial charge in [-0.25, -0.2) is 0 Å². The molecule has 2 atom stereocenters. The number of hydrogen-bond acceptors (Lipinski definition) is 2. The number of benzene rings is 1. The van der Waals surface area contributed by atoms with Crippen LogP contribution in [0.1, 0.15) is 44.2 Å². The molecule has 1 aliphatic heterocycles. The van der Waals surface area contributed by atoms with Gasteiger partial charge in [0.25, 0.3) is 0 Å². The minimum Gasteiger partial charge on any atom is -0.326 e. The van der Waals surface area contributed by atoms with E-state index in [4.69, 9.17) is 5.73 Å². The molecule has 0 amide bonds. The van der Waals surface area contributed by atoms with Crippen LogP contribution in [-0.2, 0) is 0 Å². The Morgan fingerprint density at radius 3 is 2.67 bits per heavy atom. The standard InChI is InChI=1S/C15H23BrN2/c1-2-10-18-11-4-3-5-14(17)15(18)12-6-8-13(16)9-7-12/h6-9,14-15H,2-5,10-11,17H2,1H3. The van der Waals surface area contributed by atoms with Crippen molar-refractivity contribution in [2.24, 2.45) is 5.73 Å². The molecule has 1 aliphatic rings. The summed E-state index contributed by atoms with van der Waals surface area (Å²) < 4.78 is 1.13. The van der Waals surface area contributed by atoms with Crippen molar-refractivity contribution in [3.05, 3.63) is 34.3 Å². The summed E-state index contributed by atoms with van der Waals surface area (Å²) in [6.07, 6.45) is 4.87. The Morgan fingerprint density at radius 1 is 1.28 bits per heavy atom. The lowest BCUT2D eigenvalue weighted by molar-refractivity contribution is 0.186. The van der Waals surface area contributed by atoms with Gasteiger partial charge in [-0.2, -0.15) is 0 Å². The predicted molar refractivity (Wildman–Crippen MR) is 80.6 cm³/mol. The molecule has 18 heavy (non-hydrogen) atoms. The van der Waals surface area contributed by atoms with E-state index >= 15 is 0 Å². The molecule has 0 aromatic heterocycles. The molecule has 3 heteroatoms. The number of halogens is 1. The van der Waals surface area contributed by atoms with Crippen LogP contribution in [0.2, 0.25) is 0 Å². The lowest BCUT2D eigenvalue weighted by atomic mass is 9.96. The lowest BCUT2D eigenvalue weighted by Crippen LogP contribution is -2.40. The Balaban J connectivity index is 2.24. The van der Waals surface area contributed by atoms with Crippen LogP contribution < -0.4 is 5.73 Å². The topological polar surface area (TPSA) is 29.3 Å². The third-order valence-electron chi connectivity index (χ3n) is 3.75. The normalized spacial score (nSPS) is 25.9. The van der Waals surface area contributed by atoms with Crippen LogP contribution in [0.4, 0.5) is 0 Å². The number of nitrogens with two attached hydrogens (primary N) is 1. The molecule has 2 unspecified atom stereocenters. The minimum absolute atomic E-state index is 0.264. The Hall–Kier alpha value is -0.380. The Labute approximate surface area is 119 Å². The van der Waals surface area contributed by atoms with E-state index in [9.17, 15) is 0 Å². The Bertz CT molecular complexity index is 363. The molecule has 1 aromatic rings. The molecule has 1 saturated heterocycles. The smallest absolute Gasteiger partial charge is 0.0499 e. The van der Waals surface area contributed by atoms with Crippen molar-refractivity contribution < 1.29 is 0 Å². The fraction of sp³-hybridized carbons (Fsp3) is 0.600. The molecular formula is C15H23BrN2. The fourth-order valence-corrected chi connectivity index (χ4v) is 3.18. The second-order valence-corrected chi connectivity index (χ2v) is 6.11. The van der Waals surface area contributed by atoms with E-state index in [1.54, 1.807) is 0 Å². The van der Waals surface area contributed by atoms with E-state index in [1.807, 2.05) is 0 Å². The van der Waals surface area contributed by atoms with Crippen molar-refractivity contribution in [2.75, 3.05) is 13.1 Å². The van der Waals surface area contributed by atoms with E-state index in [-0.39, 0.29) is 6.04 Å². The van der Waals surface area contributed by atoms with Crippen LogP contribution in [0.3, 0.4) is 0 Å². The highest BCUT2D eigenvalue weighted by Crippen LogP contribution is 2.30. The molecule has 0 saturated carbocycles. The average Bonchev–Trinajstić information content (AvgIpc) is 2.53. The molecule has 0 spiro atoms. The van der Waals surface area contributed by atoms with E-state index in [0.717, 1.165) is 17.4 Å². The van der Waals surface area contributed by atoms with Crippen LogP contribution in [-0.4, -0.2) is 24.0 Å². The number of likely N-dealkylation sites (tertiary alicyclic amines) is 1. The van der Waals surface area contributed by atoms with E-state index < -0.39 is 0 Å². The zero-order valence-electron chi connectivity index (χ0n) is 11.1. The van der Waals surface area contributed by atoms with Gasteiger partial charge in [0, 0.05) is 16.6 Å². The van der Waals surface area contributed by atoms with Gasteiger partial charge in [-0.1, -0.05) is 41.4 Å². The molecule has 1 fully saturated rings. The number of rotatable bonds is 3. The molecule has 2 rings (SSSR count). The highest BCUT2D eigenvalue weighted by Gasteiger charge is 2.27. The van der Waals surface area contributed by atoms with Gasteiger partial charge < -0.3 is 5.73 Å². The zero-order valence-corrected chi connectivity index (χ0v) is 12.7. The maximum Gasteiger partial charge on any atom is 0.0499 e. The van der Waals surface area contributed by atoms with Gasteiger partial charge in [0.05, 0.1) is 0 Å². The van der Waals surface area contributed by atoms with Crippen LogP contribution in [0.15, 0.2) is 28.7 Å². The first kappa shape index (κ1) is 14.0. The van der Waals surface area contributed by atoms with Gasteiger partial charge in [0.2, 0.25) is 0 Å². The average molecular weight is 311 g/mol. The molecule has 0 aliphatic carbocycles. The largest absolute Gasteiger partial charge is 0.326 e. The first-order valence-corrected chi connectivity index (χ1v) is 7.76. The Morgan fingerprint density at radius 2 is 2.00 bits per heavy atom. The number of nitrogens with zero attached hydrogens (tertiary/aromatic N) is 1. The molecular weight excluding hydrogens is 288 g/mol. The van der Waals surface area contributed by atoms with Crippen LogP contribution >= 0.6 is 15.9 Å². The zero-order chi connectivity index (χ0) is 13.0. The van der Waals surface area contributed by atoms with Crippen molar-refractivity contribution >= 4 is 15.9 Å². The molecule has 2 nitrogen and oxygen atoms in total. The van der Waals surface area contributed by atoms with E-state index in [2.05, 4.69) is 52.0 Å². The second-order valence-electron chi connectivity index (χ2n) is 5.19. The van der Waals surface area contributed by atoms with Crippen molar-refractivity contribution in [2.45, 2.75) is 44.7 Å². The van der Waals surface area contributed by atoms with Crippen molar-refractivity contribution in [3.8, 4) is 0 Å². The molecule has 2 N–H and O–H groups in total. The minimum atomic E-state index is 0.264. The maximum absolute atomic E-state index is 6.42. The summed E-state index contributed by atoms with van der Waals surface area (Å²) >= 11 is 3.50. The van der Waals surface area contributed by atoms with Crippen molar-refractivity contribution in [1.29, 1.82) is 0 Å². The summed E-state index contributed by atoms with van der Waals surface area (Å²) in [5.74, 6) is 0. The molecule has 1 heterocycles. The quantitative estimate of drug-likeness (QED) is 0.922. The van der Waals surface area contributed by atoms with Crippen LogP contribution in [0, 0.1) is 0 Å². The van der Waals surface area contributed by atoms with Gasteiger partial charge in [0.1, 0.15) is 0 Å². The highest BCUT2D eigenvalue weighted by molar-refractivity contribution is 9.10. The first-order chi connectivity index (χ1) is 8.72. The van der Waals surface area contributed by atoms with Gasteiger partial charge >= 0.3 is 0 Å². The highest BCUT2D eigenvalue weighted by atomic mass is 79.9. The maximum atomic E-state index is 6.42. The summed E-state index contributed by atoms with van der Waals surface area (Å²) in [7, 11) is 0. The summed E-state index contributed by atoms with van der Waals surface area (Å²) in [5.41, 5.74) is 7.78. The van der Waals surface area contributed by atoms with E-state index in [1.165, 1.54) is 31.4 Å². The second kappa shape index (κ2) is 6.69. The summed E-state index contributed by atoms with van der Waals surface area (Å²) in [5, 5.41) is 0. The van der Waals surface area contributed by atoms with Crippen molar-refractivity contribution in [3.63, 3.8) is 0 Å².